The van der Waals surface area contributed by atoms with Gasteiger partial charge in [0.2, 0.25) is 0 Å². The third kappa shape index (κ3) is 13.3. The maximum absolute atomic E-state index is 5.01. The van der Waals surface area contributed by atoms with Crippen LogP contribution in [-0.4, -0.2) is 52.6 Å². The summed E-state index contributed by atoms with van der Waals surface area (Å²) in [7, 11) is 0. The summed E-state index contributed by atoms with van der Waals surface area (Å²) < 4.78 is 10.0. The molecule has 0 spiro atoms. The summed E-state index contributed by atoms with van der Waals surface area (Å²) in [6.45, 7) is 14.4. The van der Waals surface area contributed by atoms with Gasteiger partial charge in [-0.05, 0) is 0 Å². The Labute approximate surface area is 98.7 Å². The molecule has 4 heteroatoms. The van der Waals surface area contributed by atoms with Gasteiger partial charge in [0.15, 0.2) is 0 Å². The van der Waals surface area contributed by atoms with Crippen molar-refractivity contribution in [2.75, 3.05) is 52.6 Å². The molecule has 2 heterocycles. The normalized spacial score (nSPS) is 19.2. The van der Waals surface area contributed by atoms with Crippen molar-refractivity contribution < 1.29 is 9.47 Å². The van der Waals surface area contributed by atoms with Crippen LogP contribution in [0.25, 0.3) is 0 Å². The second-order valence-electron chi connectivity index (χ2n) is 3.20. The van der Waals surface area contributed by atoms with Crippen molar-refractivity contribution in [1.82, 2.24) is 10.6 Å². The Bertz CT molecular complexity index is 114. The van der Waals surface area contributed by atoms with E-state index in [9.17, 15) is 0 Å². The van der Waals surface area contributed by atoms with Gasteiger partial charge in [-0.15, -0.1) is 0 Å². The quantitative estimate of drug-likeness (QED) is 0.644. The Morgan fingerprint density at radius 2 is 1.00 bits per heavy atom. The van der Waals surface area contributed by atoms with Crippen LogP contribution >= 0.6 is 0 Å². The van der Waals surface area contributed by atoms with Crippen LogP contribution in [0.5, 0.6) is 0 Å². The zero-order valence-electron chi connectivity index (χ0n) is 10.0. The molecule has 16 heavy (non-hydrogen) atoms. The van der Waals surface area contributed by atoms with E-state index in [1.165, 1.54) is 0 Å². The van der Waals surface area contributed by atoms with Gasteiger partial charge in [0.05, 0.1) is 26.4 Å². The molecule has 0 aromatic heterocycles. The summed E-state index contributed by atoms with van der Waals surface area (Å²) in [4.78, 5) is 0. The molecular formula is C12H24N2O2. The molecule has 0 atom stereocenters. The van der Waals surface area contributed by atoms with Crippen LogP contribution in [0.2, 0.25) is 0 Å². The van der Waals surface area contributed by atoms with Crippen molar-refractivity contribution >= 4 is 0 Å². The third-order valence-corrected chi connectivity index (χ3v) is 1.86. The van der Waals surface area contributed by atoms with Crippen LogP contribution in [0, 0.1) is 0 Å². The molecule has 2 aliphatic rings. The van der Waals surface area contributed by atoms with Crippen LogP contribution in [0.1, 0.15) is 0 Å². The zero-order chi connectivity index (χ0) is 11.9. The van der Waals surface area contributed by atoms with Crippen molar-refractivity contribution in [1.29, 1.82) is 0 Å². The minimum absolute atomic E-state index is 0.889. The van der Waals surface area contributed by atoms with Crippen LogP contribution in [0.4, 0.5) is 0 Å². The maximum Gasteiger partial charge on any atom is 0.0591 e. The summed E-state index contributed by atoms with van der Waals surface area (Å²) in [5, 5.41) is 6.32. The van der Waals surface area contributed by atoms with E-state index >= 15 is 0 Å². The molecule has 4 nitrogen and oxygen atoms in total. The lowest BCUT2D eigenvalue weighted by Gasteiger charge is -2.10. The monoisotopic (exact) mass is 228 g/mol. The topological polar surface area (TPSA) is 42.5 Å². The van der Waals surface area contributed by atoms with Gasteiger partial charge in [0.1, 0.15) is 0 Å². The zero-order valence-corrected chi connectivity index (χ0v) is 10.0. The first-order chi connectivity index (χ1) is 7.91. The molecule has 0 saturated carbocycles. The summed E-state index contributed by atoms with van der Waals surface area (Å²) in [6.07, 6.45) is 3.28. The third-order valence-electron chi connectivity index (χ3n) is 1.86. The largest absolute Gasteiger partial charge is 0.379 e. The number of hydrogen-bond donors (Lipinski definition) is 2. The van der Waals surface area contributed by atoms with Crippen molar-refractivity contribution in [3.05, 3.63) is 25.3 Å². The van der Waals surface area contributed by atoms with E-state index in [-0.39, 0.29) is 0 Å². The molecule has 2 saturated heterocycles. The van der Waals surface area contributed by atoms with Gasteiger partial charge >= 0.3 is 0 Å². The lowest BCUT2D eigenvalue weighted by Crippen LogP contribution is -2.30. The summed E-state index contributed by atoms with van der Waals surface area (Å²) in [5.41, 5.74) is 0. The van der Waals surface area contributed by atoms with Gasteiger partial charge in [-0.2, -0.15) is 0 Å². The van der Waals surface area contributed by atoms with E-state index in [1.54, 1.807) is 12.2 Å². The van der Waals surface area contributed by atoms with Crippen molar-refractivity contribution in [2.45, 2.75) is 0 Å². The Balaban J connectivity index is 0.000000217. The fourth-order valence-corrected chi connectivity index (χ4v) is 1.03. The van der Waals surface area contributed by atoms with E-state index in [1.807, 2.05) is 0 Å². The summed E-state index contributed by atoms with van der Waals surface area (Å²) >= 11 is 0. The fraction of sp³-hybridized carbons (Fsp3) is 0.667. The lowest BCUT2D eigenvalue weighted by molar-refractivity contribution is 0.109. The summed E-state index contributed by atoms with van der Waals surface area (Å²) in [6, 6.07) is 0. The van der Waals surface area contributed by atoms with Crippen molar-refractivity contribution in [3.63, 3.8) is 0 Å². The minimum atomic E-state index is 0.889. The standard InChI is InChI=1S/2C4H9NO.C4H6/c2*1-3-6-4-2-5-1;1-3-4-2/h2*5H,1-4H2;3-4H,1-2H2. The molecular weight excluding hydrogens is 204 g/mol. The first kappa shape index (κ1) is 15.3. The van der Waals surface area contributed by atoms with Gasteiger partial charge in [-0.1, -0.05) is 25.3 Å². The van der Waals surface area contributed by atoms with Crippen molar-refractivity contribution in [3.8, 4) is 0 Å². The number of nitrogens with one attached hydrogen (secondary N) is 2. The van der Waals surface area contributed by atoms with Crippen LogP contribution in [-0.2, 0) is 9.47 Å². The highest BCUT2D eigenvalue weighted by molar-refractivity contribution is 4.88. The van der Waals surface area contributed by atoms with Gasteiger partial charge in [-0.25, -0.2) is 0 Å². The van der Waals surface area contributed by atoms with E-state index in [2.05, 4.69) is 23.8 Å². The Kier molecular flexibility index (Phi) is 13.7. The highest BCUT2D eigenvalue weighted by atomic mass is 16.5. The Morgan fingerprint density at radius 1 is 0.688 bits per heavy atom. The molecule has 2 aliphatic heterocycles. The molecule has 0 radical (unpaired) electrons. The molecule has 2 rings (SSSR count). The molecule has 0 aromatic rings. The summed E-state index contributed by atoms with van der Waals surface area (Å²) in [5.74, 6) is 0. The second kappa shape index (κ2) is 14.3. The van der Waals surface area contributed by atoms with E-state index in [4.69, 9.17) is 9.47 Å². The Hall–Kier alpha value is -0.680. The first-order valence-electron chi connectivity index (χ1n) is 5.72. The van der Waals surface area contributed by atoms with E-state index in [0.29, 0.717) is 0 Å². The number of ether oxygens (including phenoxy) is 2. The smallest absolute Gasteiger partial charge is 0.0591 e. The molecule has 0 amide bonds. The molecule has 0 unspecified atom stereocenters. The van der Waals surface area contributed by atoms with Crippen LogP contribution < -0.4 is 10.6 Å². The predicted octanol–water partition coefficient (Wildman–Crippen LogP) is 0.571. The van der Waals surface area contributed by atoms with Crippen molar-refractivity contribution in [2.24, 2.45) is 0 Å². The SMILES string of the molecule is C1COCCN1.C1COCCN1.C=CC=C. The van der Waals surface area contributed by atoms with E-state index < -0.39 is 0 Å². The highest BCUT2D eigenvalue weighted by Crippen LogP contribution is 1.77. The van der Waals surface area contributed by atoms with Crippen LogP contribution in [0.3, 0.4) is 0 Å². The second-order valence-corrected chi connectivity index (χ2v) is 3.20. The number of rotatable bonds is 1. The molecule has 94 valence electrons. The molecule has 2 N–H and O–H groups in total. The Morgan fingerprint density at radius 3 is 1.06 bits per heavy atom. The molecule has 0 bridgehead atoms. The number of morpholine rings is 2. The van der Waals surface area contributed by atoms with Gasteiger partial charge < -0.3 is 20.1 Å². The average molecular weight is 228 g/mol. The van der Waals surface area contributed by atoms with Gasteiger partial charge in [0, 0.05) is 26.2 Å². The van der Waals surface area contributed by atoms with Crippen LogP contribution in [0.15, 0.2) is 25.3 Å². The lowest BCUT2D eigenvalue weighted by atomic mass is 10.5. The highest BCUT2D eigenvalue weighted by Gasteiger charge is 1.93. The molecule has 2 fully saturated rings. The van der Waals surface area contributed by atoms with Gasteiger partial charge in [0.25, 0.3) is 0 Å². The predicted molar refractivity (Wildman–Crippen MR) is 67.8 cm³/mol. The van der Waals surface area contributed by atoms with E-state index in [0.717, 1.165) is 52.6 Å². The molecule has 0 aromatic carbocycles. The maximum atomic E-state index is 5.01. The minimum Gasteiger partial charge on any atom is -0.379 e. The van der Waals surface area contributed by atoms with Gasteiger partial charge in [-0.3, -0.25) is 0 Å². The first-order valence-corrected chi connectivity index (χ1v) is 5.72. The number of allylic oxidation sites excluding steroid dienone is 2. The average Bonchev–Trinajstić information content (AvgIpc) is 2.44. The fourth-order valence-electron chi connectivity index (χ4n) is 1.03. The number of hydrogen-bond acceptors (Lipinski definition) is 4. The molecule has 0 aliphatic carbocycles.